The molecular formula is C16H16BrFO3. The van der Waals surface area contributed by atoms with Gasteiger partial charge >= 0.3 is 0 Å². The summed E-state index contributed by atoms with van der Waals surface area (Å²) in [5.41, 5.74) is 0.779. The molecule has 0 amide bonds. The zero-order valence-corrected chi connectivity index (χ0v) is 13.4. The Morgan fingerprint density at radius 2 is 2.00 bits per heavy atom. The van der Waals surface area contributed by atoms with Gasteiger partial charge in [-0.05, 0) is 52.7 Å². The van der Waals surface area contributed by atoms with Gasteiger partial charge in [-0.25, -0.2) is 4.39 Å². The van der Waals surface area contributed by atoms with Crippen molar-refractivity contribution in [3.8, 4) is 11.5 Å². The largest absolute Gasteiger partial charge is 0.497 e. The second kappa shape index (κ2) is 6.91. The van der Waals surface area contributed by atoms with Crippen molar-refractivity contribution in [3.63, 3.8) is 0 Å². The number of hydrogen-bond acceptors (Lipinski definition) is 3. The molecule has 5 heteroatoms. The molecule has 0 heterocycles. The molecule has 2 rings (SSSR count). The van der Waals surface area contributed by atoms with E-state index in [1.807, 2.05) is 6.92 Å². The van der Waals surface area contributed by atoms with E-state index in [-0.39, 0.29) is 5.56 Å². The minimum atomic E-state index is -1.05. The Bertz CT molecular complexity index is 631. The number of rotatable bonds is 5. The Morgan fingerprint density at radius 3 is 2.57 bits per heavy atom. The highest BCUT2D eigenvalue weighted by molar-refractivity contribution is 9.10. The van der Waals surface area contributed by atoms with E-state index in [1.54, 1.807) is 24.3 Å². The van der Waals surface area contributed by atoms with Gasteiger partial charge in [0.25, 0.3) is 0 Å². The summed E-state index contributed by atoms with van der Waals surface area (Å²) in [6.07, 6.45) is -1.05. The van der Waals surface area contributed by atoms with Crippen molar-refractivity contribution < 1.29 is 19.0 Å². The van der Waals surface area contributed by atoms with Crippen LogP contribution in [0.3, 0.4) is 0 Å². The van der Waals surface area contributed by atoms with Crippen molar-refractivity contribution in [2.24, 2.45) is 0 Å². The van der Waals surface area contributed by atoms with Crippen LogP contribution >= 0.6 is 15.9 Å². The highest BCUT2D eigenvalue weighted by Crippen LogP contribution is 2.32. The summed E-state index contributed by atoms with van der Waals surface area (Å²) in [5.74, 6) is 0.590. The zero-order valence-electron chi connectivity index (χ0n) is 11.8. The summed E-state index contributed by atoms with van der Waals surface area (Å²) >= 11 is 3.38. The smallest absolute Gasteiger partial charge is 0.133 e. The minimum absolute atomic E-state index is 0.201. The topological polar surface area (TPSA) is 38.7 Å². The standard InChI is InChI=1S/C16H16BrFO3/c1-3-21-15-7-4-10(8-13(15)17)16(19)12-6-5-11(20-2)9-14(12)18/h4-9,16,19H,3H2,1-2H3. The average molecular weight is 355 g/mol. The van der Waals surface area contributed by atoms with Gasteiger partial charge in [0.1, 0.15) is 23.4 Å². The van der Waals surface area contributed by atoms with Crippen molar-refractivity contribution in [2.45, 2.75) is 13.0 Å². The number of aliphatic hydroxyl groups is 1. The van der Waals surface area contributed by atoms with Crippen LogP contribution in [0.15, 0.2) is 40.9 Å². The first-order valence-electron chi connectivity index (χ1n) is 6.50. The first kappa shape index (κ1) is 15.8. The van der Waals surface area contributed by atoms with Crippen molar-refractivity contribution in [1.82, 2.24) is 0 Å². The van der Waals surface area contributed by atoms with Crippen LogP contribution in [0.4, 0.5) is 4.39 Å². The summed E-state index contributed by atoms with van der Waals surface area (Å²) in [6, 6.07) is 9.56. The van der Waals surface area contributed by atoms with E-state index in [2.05, 4.69) is 15.9 Å². The molecule has 0 spiro atoms. The number of aliphatic hydroxyl groups excluding tert-OH is 1. The van der Waals surface area contributed by atoms with Crippen LogP contribution in [0.2, 0.25) is 0 Å². The van der Waals surface area contributed by atoms with E-state index in [0.717, 1.165) is 4.47 Å². The Balaban J connectivity index is 2.31. The van der Waals surface area contributed by atoms with Gasteiger partial charge in [-0.15, -0.1) is 0 Å². The SMILES string of the molecule is CCOc1ccc(C(O)c2ccc(OC)cc2F)cc1Br. The fourth-order valence-electron chi connectivity index (χ4n) is 2.00. The van der Waals surface area contributed by atoms with Crippen LogP contribution in [-0.2, 0) is 0 Å². The quantitative estimate of drug-likeness (QED) is 0.879. The molecule has 2 aromatic rings. The summed E-state index contributed by atoms with van der Waals surface area (Å²) in [4.78, 5) is 0. The number of methoxy groups -OCH3 is 1. The molecule has 21 heavy (non-hydrogen) atoms. The lowest BCUT2D eigenvalue weighted by atomic mass is 10.0. The summed E-state index contributed by atoms with van der Waals surface area (Å²) in [7, 11) is 1.47. The molecule has 1 N–H and O–H groups in total. The lowest BCUT2D eigenvalue weighted by Crippen LogP contribution is -2.03. The number of halogens is 2. The van der Waals surface area contributed by atoms with Gasteiger partial charge < -0.3 is 14.6 Å². The summed E-state index contributed by atoms with van der Waals surface area (Å²) < 4.78 is 25.1. The third-order valence-corrected chi connectivity index (χ3v) is 3.69. The van der Waals surface area contributed by atoms with Gasteiger partial charge in [0, 0.05) is 11.6 Å². The second-order valence-corrected chi connectivity index (χ2v) is 5.27. The Labute approximate surface area is 131 Å². The molecule has 0 aliphatic carbocycles. The molecule has 0 aliphatic heterocycles. The molecule has 112 valence electrons. The van der Waals surface area contributed by atoms with E-state index >= 15 is 0 Å². The van der Waals surface area contributed by atoms with Crippen LogP contribution in [0.5, 0.6) is 11.5 Å². The van der Waals surface area contributed by atoms with Crippen LogP contribution in [-0.4, -0.2) is 18.8 Å². The molecule has 1 atom stereocenters. The maximum Gasteiger partial charge on any atom is 0.133 e. The lowest BCUT2D eigenvalue weighted by molar-refractivity contribution is 0.214. The highest BCUT2D eigenvalue weighted by Gasteiger charge is 2.17. The van der Waals surface area contributed by atoms with E-state index in [1.165, 1.54) is 19.2 Å². The fourth-order valence-corrected chi connectivity index (χ4v) is 2.51. The lowest BCUT2D eigenvalue weighted by Gasteiger charge is -2.15. The maximum atomic E-state index is 14.0. The van der Waals surface area contributed by atoms with Crippen molar-refractivity contribution in [3.05, 3.63) is 57.8 Å². The van der Waals surface area contributed by atoms with Gasteiger partial charge in [0.2, 0.25) is 0 Å². The van der Waals surface area contributed by atoms with E-state index in [0.29, 0.717) is 23.7 Å². The first-order chi connectivity index (χ1) is 10.1. The molecule has 0 aliphatic rings. The molecule has 0 saturated carbocycles. The minimum Gasteiger partial charge on any atom is -0.497 e. The maximum absolute atomic E-state index is 14.0. The van der Waals surface area contributed by atoms with Gasteiger partial charge in [0.05, 0.1) is 18.2 Å². The molecule has 0 fully saturated rings. The van der Waals surface area contributed by atoms with Crippen LogP contribution in [0, 0.1) is 5.82 Å². The summed E-state index contributed by atoms with van der Waals surface area (Å²) in [5, 5.41) is 10.3. The monoisotopic (exact) mass is 354 g/mol. The van der Waals surface area contributed by atoms with Gasteiger partial charge in [-0.3, -0.25) is 0 Å². The predicted octanol–water partition coefficient (Wildman–Crippen LogP) is 4.08. The van der Waals surface area contributed by atoms with Gasteiger partial charge in [-0.1, -0.05) is 6.07 Å². The second-order valence-electron chi connectivity index (χ2n) is 4.41. The number of ether oxygens (including phenoxy) is 2. The van der Waals surface area contributed by atoms with Crippen molar-refractivity contribution >= 4 is 15.9 Å². The van der Waals surface area contributed by atoms with Crippen LogP contribution < -0.4 is 9.47 Å². The number of hydrogen-bond donors (Lipinski definition) is 1. The average Bonchev–Trinajstić information content (AvgIpc) is 2.48. The first-order valence-corrected chi connectivity index (χ1v) is 7.29. The normalized spacial score (nSPS) is 12.0. The molecule has 3 nitrogen and oxygen atoms in total. The zero-order chi connectivity index (χ0) is 15.4. The Morgan fingerprint density at radius 1 is 1.24 bits per heavy atom. The van der Waals surface area contributed by atoms with Crippen molar-refractivity contribution in [2.75, 3.05) is 13.7 Å². The van der Waals surface area contributed by atoms with Crippen LogP contribution in [0.1, 0.15) is 24.2 Å². The predicted molar refractivity (Wildman–Crippen MR) is 82.3 cm³/mol. The van der Waals surface area contributed by atoms with Gasteiger partial charge in [0.15, 0.2) is 0 Å². The molecular weight excluding hydrogens is 339 g/mol. The molecule has 0 aromatic heterocycles. The van der Waals surface area contributed by atoms with E-state index in [9.17, 15) is 9.50 Å². The van der Waals surface area contributed by atoms with Gasteiger partial charge in [-0.2, -0.15) is 0 Å². The fraction of sp³-hybridized carbons (Fsp3) is 0.250. The highest BCUT2D eigenvalue weighted by atomic mass is 79.9. The van der Waals surface area contributed by atoms with Crippen LogP contribution in [0.25, 0.3) is 0 Å². The molecule has 1 unspecified atom stereocenters. The van der Waals surface area contributed by atoms with E-state index < -0.39 is 11.9 Å². The third kappa shape index (κ3) is 3.54. The molecule has 0 radical (unpaired) electrons. The molecule has 0 bridgehead atoms. The number of benzene rings is 2. The van der Waals surface area contributed by atoms with E-state index in [4.69, 9.17) is 9.47 Å². The Hall–Kier alpha value is -1.59. The summed E-state index contributed by atoms with van der Waals surface area (Å²) in [6.45, 7) is 2.44. The Kier molecular flexibility index (Phi) is 5.20. The van der Waals surface area contributed by atoms with Crippen molar-refractivity contribution in [1.29, 1.82) is 0 Å². The molecule has 2 aromatic carbocycles. The third-order valence-electron chi connectivity index (χ3n) is 3.07. The molecule has 0 saturated heterocycles.